The van der Waals surface area contributed by atoms with Gasteiger partial charge in [0.25, 0.3) is 0 Å². The van der Waals surface area contributed by atoms with E-state index in [0.29, 0.717) is 12.0 Å². The summed E-state index contributed by atoms with van der Waals surface area (Å²) in [6.45, 7) is 1.46. The lowest BCUT2D eigenvalue weighted by molar-refractivity contribution is -0.688. The van der Waals surface area contributed by atoms with Gasteiger partial charge in [-0.05, 0) is 40.9 Å². The second kappa shape index (κ2) is 8.90. The van der Waals surface area contributed by atoms with Crippen molar-refractivity contribution in [3.63, 3.8) is 0 Å². The van der Waals surface area contributed by atoms with Crippen LogP contribution in [-0.4, -0.2) is 22.3 Å². The predicted octanol–water partition coefficient (Wildman–Crippen LogP) is 1.41. The zero-order chi connectivity index (χ0) is 20.9. The van der Waals surface area contributed by atoms with Crippen molar-refractivity contribution < 1.29 is 24.3 Å². The van der Waals surface area contributed by atoms with Gasteiger partial charge in [0.1, 0.15) is 5.75 Å². The molecule has 0 unspecified atom stereocenters. The second-order valence-electron chi connectivity index (χ2n) is 7.30. The monoisotopic (exact) mass is 398 g/mol. The highest BCUT2D eigenvalue weighted by Crippen LogP contribution is 2.16. The number of phenolic OH excluding ortho intramolecular Hbond substituents is 1. The molecule has 0 saturated carbocycles. The van der Waals surface area contributed by atoms with Gasteiger partial charge in [-0.1, -0.05) is 24.3 Å². The molecule has 0 fully saturated rings. The van der Waals surface area contributed by atoms with Crippen molar-refractivity contribution in [1.82, 2.24) is 0 Å². The molecule has 30 heavy (non-hydrogen) atoms. The second-order valence-corrected chi connectivity index (χ2v) is 7.30. The first-order valence-corrected chi connectivity index (χ1v) is 9.78. The van der Waals surface area contributed by atoms with Crippen LogP contribution in [0.15, 0.2) is 97.6 Å². The van der Waals surface area contributed by atoms with Crippen LogP contribution in [0.1, 0.15) is 11.1 Å². The molecule has 0 amide bonds. The fourth-order valence-corrected chi connectivity index (χ4v) is 3.33. The van der Waals surface area contributed by atoms with Gasteiger partial charge in [-0.2, -0.15) is 0 Å². The maximum absolute atomic E-state index is 9.39. The number of hydrogen-bond donors (Lipinski definition) is 3. The highest BCUT2D eigenvalue weighted by molar-refractivity contribution is 6.58. The highest BCUT2D eigenvalue weighted by atomic mass is 16.4. The third-order valence-electron chi connectivity index (χ3n) is 5.06. The van der Waals surface area contributed by atoms with Gasteiger partial charge in [0.05, 0.1) is 0 Å². The zero-order valence-corrected chi connectivity index (χ0v) is 16.5. The fraction of sp³-hybridized carbons (Fsp3) is 0.0833. The van der Waals surface area contributed by atoms with E-state index >= 15 is 0 Å². The summed E-state index contributed by atoms with van der Waals surface area (Å²) in [5.74, 6) is 0.279. The van der Waals surface area contributed by atoms with Gasteiger partial charge in [-0.15, -0.1) is 0 Å². The van der Waals surface area contributed by atoms with Crippen LogP contribution in [0.25, 0.3) is 11.1 Å². The van der Waals surface area contributed by atoms with Crippen molar-refractivity contribution in [1.29, 1.82) is 0 Å². The Hall–Kier alpha value is -3.48. The lowest BCUT2D eigenvalue weighted by atomic mass is 9.80. The van der Waals surface area contributed by atoms with Crippen molar-refractivity contribution in [2.24, 2.45) is 0 Å². The Kier molecular flexibility index (Phi) is 5.88. The Balaban J connectivity index is 1.41. The Morgan fingerprint density at radius 1 is 0.567 bits per heavy atom. The molecule has 3 N–H and O–H groups in total. The van der Waals surface area contributed by atoms with Crippen molar-refractivity contribution in [2.75, 3.05) is 0 Å². The minimum Gasteiger partial charge on any atom is -0.508 e. The maximum atomic E-state index is 9.39. The van der Waals surface area contributed by atoms with E-state index in [2.05, 4.69) is 45.8 Å². The van der Waals surface area contributed by atoms with Gasteiger partial charge in [0, 0.05) is 35.4 Å². The summed E-state index contributed by atoms with van der Waals surface area (Å²) in [5.41, 5.74) is 5.00. The number of aromatic hydroxyl groups is 1. The molecule has 0 aliphatic heterocycles. The summed E-state index contributed by atoms with van der Waals surface area (Å²) in [5, 5.41) is 27.8. The number of phenols is 1. The lowest BCUT2D eigenvalue weighted by Gasteiger charge is -2.03. The molecule has 6 heteroatoms. The fourth-order valence-electron chi connectivity index (χ4n) is 3.33. The molecule has 0 atom stereocenters. The Bertz CT molecular complexity index is 1100. The molecule has 0 aliphatic carbocycles. The smallest absolute Gasteiger partial charge is 0.488 e. The SMILES string of the molecule is OB(O)c1ccc(C[n+]2ccc(-c3cc[n+](Cc4ccc(O)cc4)cc3)cc2)cc1. The molecule has 5 nitrogen and oxygen atoms in total. The topological polar surface area (TPSA) is 68.5 Å². The molecular weight excluding hydrogens is 375 g/mol. The van der Waals surface area contributed by atoms with Crippen molar-refractivity contribution in [2.45, 2.75) is 13.1 Å². The van der Waals surface area contributed by atoms with Crippen molar-refractivity contribution in [3.8, 4) is 16.9 Å². The van der Waals surface area contributed by atoms with E-state index in [1.54, 1.807) is 24.3 Å². The zero-order valence-electron chi connectivity index (χ0n) is 16.5. The van der Waals surface area contributed by atoms with Crippen LogP contribution in [0.5, 0.6) is 5.75 Å². The first kappa shape index (κ1) is 19.8. The number of pyridine rings is 2. The van der Waals surface area contributed by atoms with Crippen LogP contribution in [0.2, 0.25) is 0 Å². The molecule has 0 spiro atoms. The Morgan fingerprint density at radius 3 is 1.37 bits per heavy atom. The standard InChI is InChI=1S/C24H22BN2O3/c28-24-7-3-20(4-8-24)18-27-15-11-22(12-16-27)21-9-13-26(14-10-21)17-19-1-5-23(6-2-19)25(29)30/h1-16,29-30H,17-18H2/q+1/p+1. The van der Waals surface area contributed by atoms with Crippen LogP contribution in [-0.2, 0) is 13.1 Å². The molecule has 2 heterocycles. The summed E-state index contributed by atoms with van der Waals surface area (Å²) in [6, 6.07) is 22.9. The van der Waals surface area contributed by atoms with Gasteiger partial charge in [0.15, 0.2) is 37.9 Å². The maximum Gasteiger partial charge on any atom is 0.488 e. The molecule has 0 radical (unpaired) electrons. The lowest BCUT2D eigenvalue weighted by Crippen LogP contribution is -2.34. The first-order valence-electron chi connectivity index (χ1n) is 9.78. The van der Waals surface area contributed by atoms with Crippen LogP contribution >= 0.6 is 0 Å². The molecule has 2 aromatic carbocycles. The largest absolute Gasteiger partial charge is 0.508 e. The third kappa shape index (κ3) is 4.92. The summed E-state index contributed by atoms with van der Waals surface area (Å²) in [6.07, 6.45) is 8.20. The summed E-state index contributed by atoms with van der Waals surface area (Å²) >= 11 is 0. The quantitative estimate of drug-likeness (QED) is 0.340. The van der Waals surface area contributed by atoms with E-state index in [4.69, 9.17) is 0 Å². The van der Waals surface area contributed by atoms with Crippen molar-refractivity contribution >= 4 is 12.6 Å². The predicted molar refractivity (Wildman–Crippen MR) is 115 cm³/mol. The van der Waals surface area contributed by atoms with Crippen LogP contribution in [0.3, 0.4) is 0 Å². The number of benzene rings is 2. The van der Waals surface area contributed by atoms with Gasteiger partial charge in [-0.25, -0.2) is 9.13 Å². The number of aromatic nitrogens is 2. The molecule has 4 aromatic rings. The van der Waals surface area contributed by atoms with Gasteiger partial charge in [-0.3, -0.25) is 0 Å². The number of nitrogens with zero attached hydrogens (tertiary/aromatic N) is 2. The van der Waals surface area contributed by atoms with Crippen LogP contribution in [0.4, 0.5) is 0 Å². The van der Waals surface area contributed by atoms with E-state index in [9.17, 15) is 15.2 Å². The van der Waals surface area contributed by atoms with E-state index < -0.39 is 7.12 Å². The summed E-state index contributed by atoms with van der Waals surface area (Å²) in [4.78, 5) is 0. The van der Waals surface area contributed by atoms with Crippen molar-refractivity contribution in [3.05, 3.63) is 109 Å². The average molecular weight is 398 g/mol. The molecule has 4 rings (SSSR count). The van der Waals surface area contributed by atoms with E-state index in [0.717, 1.165) is 28.8 Å². The number of hydrogen-bond acceptors (Lipinski definition) is 3. The number of rotatable bonds is 6. The molecular formula is C24H23BN2O3+2. The Labute approximate surface area is 175 Å². The van der Waals surface area contributed by atoms with Gasteiger partial charge in [0.2, 0.25) is 0 Å². The van der Waals surface area contributed by atoms with Gasteiger partial charge >= 0.3 is 7.12 Å². The molecule has 148 valence electrons. The van der Waals surface area contributed by atoms with E-state index in [1.807, 2.05) is 36.7 Å². The molecule has 0 bridgehead atoms. The van der Waals surface area contributed by atoms with E-state index in [-0.39, 0.29) is 5.75 Å². The average Bonchev–Trinajstić information content (AvgIpc) is 2.77. The van der Waals surface area contributed by atoms with Gasteiger partial charge < -0.3 is 15.2 Å². The van der Waals surface area contributed by atoms with Crippen LogP contribution < -0.4 is 14.6 Å². The summed E-state index contributed by atoms with van der Waals surface area (Å²) < 4.78 is 4.19. The van der Waals surface area contributed by atoms with Crippen LogP contribution in [0, 0.1) is 0 Å². The minimum absolute atomic E-state index is 0.279. The third-order valence-corrected chi connectivity index (χ3v) is 5.06. The molecule has 0 saturated heterocycles. The molecule has 0 aliphatic rings. The summed E-state index contributed by atoms with van der Waals surface area (Å²) in [7, 11) is -1.43. The normalized spacial score (nSPS) is 10.7. The highest BCUT2D eigenvalue weighted by Gasteiger charge is 2.11. The minimum atomic E-state index is -1.43. The van der Waals surface area contributed by atoms with E-state index in [1.165, 1.54) is 0 Å². The molecule has 2 aromatic heterocycles. The first-order chi connectivity index (χ1) is 14.6. The Morgan fingerprint density at radius 2 is 0.967 bits per heavy atom.